The number of nitrogens with zero attached hydrogens (tertiary/aromatic N) is 1. The summed E-state index contributed by atoms with van der Waals surface area (Å²) in [5, 5.41) is 3.41. The molecule has 4 aliphatic rings. The van der Waals surface area contributed by atoms with Crippen LogP contribution < -0.4 is 29.7 Å². The Morgan fingerprint density at radius 1 is 0.634 bits per heavy atom. The minimum atomic E-state index is -1.16. The summed E-state index contributed by atoms with van der Waals surface area (Å²) in [6.07, 6.45) is 5.07. The van der Waals surface area contributed by atoms with Gasteiger partial charge in [0.1, 0.15) is 0 Å². The normalized spacial score (nSPS) is 17.3. The molecule has 2 atom stereocenters. The van der Waals surface area contributed by atoms with Gasteiger partial charge in [-0.25, -0.2) is 0 Å². The van der Waals surface area contributed by atoms with Gasteiger partial charge in [0.25, 0.3) is 0 Å². The van der Waals surface area contributed by atoms with Gasteiger partial charge >= 0.3 is 263 Å². The Labute approximate surface area is 285 Å². The van der Waals surface area contributed by atoms with Crippen LogP contribution in [0.3, 0.4) is 0 Å². The Morgan fingerprint density at radius 2 is 1.34 bits per heavy atom. The van der Waals surface area contributed by atoms with Crippen LogP contribution in [-0.2, 0) is 23.2 Å². The molecule has 0 amide bonds. The summed E-state index contributed by atoms with van der Waals surface area (Å²) in [4.78, 5) is 2.43. The first-order valence-electron chi connectivity index (χ1n) is 13.0. The number of halogens is 4. The summed E-state index contributed by atoms with van der Waals surface area (Å²) < 4.78 is 5.66. The van der Waals surface area contributed by atoms with E-state index in [1.807, 2.05) is 0 Å². The largest absolute Gasteiger partial charge is 1.00 e. The Balaban J connectivity index is 0.00000151. The van der Waals surface area contributed by atoms with Gasteiger partial charge in [0, 0.05) is 0 Å². The molecule has 7 heteroatoms. The molecule has 9 rings (SSSR count). The zero-order chi connectivity index (χ0) is 26.1. The molecule has 0 radical (unpaired) electrons. The molecular formula is C34H21Br2Cl2NSZr. The molecule has 3 heterocycles. The molecule has 1 nitrogen and oxygen atoms in total. The van der Waals surface area contributed by atoms with E-state index in [1.54, 1.807) is 17.9 Å². The molecule has 0 fully saturated rings. The van der Waals surface area contributed by atoms with E-state index in [9.17, 15) is 0 Å². The molecule has 4 aromatic carbocycles. The molecule has 2 unspecified atom stereocenters. The maximum absolute atomic E-state index is 3.98. The number of thiophene rings is 1. The molecule has 2 aliphatic carbocycles. The Kier molecular flexibility index (Phi) is 8.42. The van der Waals surface area contributed by atoms with Crippen molar-refractivity contribution in [1.82, 2.24) is 0 Å². The average molecular weight is 798 g/mol. The molecule has 5 aromatic rings. The molecular weight excluding hydrogens is 776 g/mol. The number of hydrogen-bond acceptors (Lipinski definition) is 2. The Hall–Kier alpha value is -1.72. The molecule has 0 N–H and O–H groups in total. The van der Waals surface area contributed by atoms with Crippen molar-refractivity contribution in [3.63, 3.8) is 0 Å². The number of anilines is 3. The molecule has 41 heavy (non-hydrogen) atoms. The van der Waals surface area contributed by atoms with E-state index in [2.05, 4.69) is 151 Å². The van der Waals surface area contributed by atoms with E-state index in [1.165, 1.54) is 58.7 Å². The zero-order valence-electron chi connectivity index (χ0n) is 21.5. The fourth-order valence-electron chi connectivity index (χ4n) is 6.34. The van der Waals surface area contributed by atoms with E-state index in [0.717, 1.165) is 0 Å². The van der Waals surface area contributed by atoms with Crippen molar-refractivity contribution in [1.29, 1.82) is 0 Å². The molecule has 0 saturated carbocycles. The number of rotatable bonds is 4. The van der Waals surface area contributed by atoms with Crippen molar-refractivity contribution in [2.75, 3.05) is 4.90 Å². The first-order valence-corrected chi connectivity index (χ1v) is 17.9. The monoisotopic (exact) mass is 793 g/mol. The van der Waals surface area contributed by atoms with E-state index >= 15 is 0 Å². The predicted octanol–water partition coefficient (Wildman–Crippen LogP) is 4.82. The van der Waals surface area contributed by atoms with Crippen LogP contribution in [0.2, 0.25) is 0 Å². The maximum atomic E-state index is 3.98. The van der Waals surface area contributed by atoms with E-state index in [0.29, 0.717) is 11.8 Å². The van der Waals surface area contributed by atoms with Gasteiger partial charge in [-0.15, -0.1) is 0 Å². The fraction of sp³-hybridized carbons (Fsp3) is 0.0588. The smallest absolute Gasteiger partial charge is 1.00 e. The summed E-state index contributed by atoms with van der Waals surface area (Å²) in [7, 11) is 0. The van der Waals surface area contributed by atoms with Crippen LogP contribution in [-0.4, -0.2) is 0 Å². The van der Waals surface area contributed by atoms with Crippen molar-refractivity contribution in [3.05, 3.63) is 151 Å². The fourth-order valence-corrected chi connectivity index (χ4v) is 12.4. The van der Waals surface area contributed by atoms with Crippen LogP contribution in [0.4, 0.5) is 16.4 Å². The van der Waals surface area contributed by atoms with Gasteiger partial charge in [-0.1, -0.05) is 0 Å². The maximum Gasteiger partial charge on any atom is -1.00 e. The third kappa shape index (κ3) is 4.82. The quantitative estimate of drug-likeness (QED) is 0.253. The summed E-state index contributed by atoms with van der Waals surface area (Å²) in [5.74, 6) is 0.609. The topological polar surface area (TPSA) is 3.24 Å². The van der Waals surface area contributed by atoms with Crippen molar-refractivity contribution in [2.45, 2.75) is 11.8 Å². The molecule has 200 valence electrons. The van der Waals surface area contributed by atoms with E-state index in [-0.39, 0.29) is 24.8 Å². The van der Waals surface area contributed by atoms with Crippen LogP contribution in [0, 0.1) is 0 Å². The minimum absolute atomic E-state index is 0. The van der Waals surface area contributed by atoms with E-state index < -0.39 is 23.2 Å². The van der Waals surface area contributed by atoms with Crippen molar-refractivity contribution in [3.8, 4) is 0 Å². The van der Waals surface area contributed by atoms with Gasteiger partial charge in [0.05, 0.1) is 0 Å². The molecule has 1 aromatic heterocycles. The van der Waals surface area contributed by atoms with Crippen LogP contribution >= 0.6 is 43.2 Å². The summed E-state index contributed by atoms with van der Waals surface area (Å²) in [6.45, 7) is 0. The second kappa shape index (κ2) is 11.8. The minimum Gasteiger partial charge on any atom is -1.00 e. The zero-order valence-corrected chi connectivity index (χ0v) is 29.5. The molecule has 2 aliphatic heterocycles. The van der Waals surface area contributed by atoms with Gasteiger partial charge in [-0.3, -0.25) is 0 Å². The number of fused-ring (bicyclic) bond motifs is 3. The number of allylic oxidation sites excluding steroid dienone is 2. The van der Waals surface area contributed by atoms with Crippen LogP contribution in [0.1, 0.15) is 45.2 Å². The summed E-state index contributed by atoms with van der Waals surface area (Å²) in [5.41, 5.74) is 10.8. The molecule has 0 saturated heterocycles. The van der Waals surface area contributed by atoms with Crippen molar-refractivity contribution in [2.24, 2.45) is 0 Å². The third-order valence-corrected chi connectivity index (χ3v) is 13.8. The van der Waals surface area contributed by atoms with Crippen molar-refractivity contribution >= 4 is 71.7 Å². The first kappa shape index (κ1) is 29.4. The predicted molar refractivity (Wildman–Crippen MR) is 167 cm³/mol. The van der Waals surface area contributed by atoms with Crippen molar-refractivity contribution < 1.29 is 48.0 Å². The van der Waals surface area contributed by atoms with Crippen LogP contribution in [0.5, 0.6) is 0 Å². The second-order valence-electron chi connectivity index (χ2n) is 10.1. The summed E-state index contributed by atoms with van der Waals surface area (Å²) in [6, 6.07) is 35.9. The van der Waals surface area contributed by atoms with Crippen LogP contribution in [0.25, 0.3) is 12.2 Å². The molecule has 6 bridgehead atoms. The van der Waals surface area contributed by atoms with Crippen LogP contribution in [0.15, 0.2) is 118 Å². The Bertz CT molecular complexity index is 1820. The van der Waals surface area contributed by atoms with E-state index in [4.69, 9.17) is 0 Å². The number of hydrogen-bond donors (Lipinski definition) is 0. The van der Waals surface area contributed by atoms with Gasteiger partial charge in [0.15, 0.2) is 0 Å². The second-order valence-corrected chi connectivity index (χ2v) is 16.2. The van der Waals surface area contributed by atoms with Gasteiger partial charge < -0.3 is 24.8 Å². The standard InChI is InChI=1S/C19H11BrNS.C15H10Br.2ClH.Zr/c20-16-9-10-17-15-8-7-14(19(15)16)12-3-5-13(6-4-12)21(17)18-2-1-11-22-18;16-14-8-4-7-12-9-10-13(15(12)14)11-5-2-1-3-6-11;;;/h1-6,8-11,14H;1-9,13H;2*1H;/q;;;;+2/p-2. The SMILES string of the molecule is Brc1cccc2c1C(c1ccccc1)[C]([Zr+2][C]1=Cc3c4ccc(Br)c3C1c1ccc(cc1)N4c1cccs1)=C2.[Cl-].[Cl-]. The summed E-state index contributed by atoms with van der Waals surface area (Å²) >= 11 is 8.52. The number of benzene rings is 4. The first-order chi connectivity index (χ1) is 19.2. The molecule has 0 spiro atoms. The van der Waals surface area contributed by atoms with Gasteiger partial charge in [-0.05, 0) is 0 Å². The van der Waals surface area contributed by atoms with Gasteiger partial charge in [-0.2, -0.15) is 0 Å². The average Bonchev–Trinajstić information content (AvgIpc) is 3.70. The van der Waals surface area contributed by atoms with Gasteiger partial charge in [0.2, 0.25) is 0 Å². The Morgan fingerprint density at radius 3 is 2.10 bits per heavy atom. The third-order valence-electron chi connectivity index (χ3n) is 7.98.